The number of rotatable bonds is 6. The van der Waals surface area contributed by atoms with Crippen LogP contribution in [0.5, 0.6) is 0 Å². The van der Waals surface area contributed by atoms with Crippen LogP contribution in [0.4, 0.5) is 0 Å². The number of hydrogen-bond acceptors (Lipinski definition) is 5. The molecule has 1 atom stereocenters. The van der Waals surface area contributed by atoms with Crippen molar-refractivity contribution in [1.29, 1.82) is 0 Å². The van der Waals surface area contributed by atoms with Crippen molar-refractivity contribution in [2.45, 2.75) is 38.3 Å². The molecule has 0 spiro atoms. The second-order valence-electron chi connectivity index (χ2n) is 6.51. The highest BCUT2D eigenvalue weighted by Crippen LogP contribution is 2.21. The largest absolute Gasteiger partial charge is 0.396 e. The number of aryl methyl sites for hydroxylation is 1. The molecule has 2 aromatic heterocycles. The molecule has 132 valence electrons. The number of aliphatic hydroxyl groups excluding tert-OH is 1. The van der Waals surface area contributed by atoms with Crippen LogP contribution in [0.15, 0.2) is 15.9 Å². The Morgan fingerprint density at radius 2 is 2.04 bits per heavy atom. The molecule has 1 fully saturated rings. The lowest BCUT2D eigenvalue weighted by atomic mass is 10.1. The van der Waals surface area contributed by atoms with E-state index in [1.165, 1.54) is 24.5 Å². The number of hydrogen-bond donors (Lipinski definition) is 1. The molecule has 1 aliphatic rings. The minimum absolute atomic E-state index is 0.237. The molecule has 0 saturated carbocycles. The quantitative estimate of drug-likeness (QED) is 0.781. The summed E-state index contributed by atoms with van der Waals surface area (Å²) in [5.74, 6) is 0. The monoisotopic (exact) mass is 335 g/mol. The molecule has 3 heterocycles. The Morgan fingerprint density at radius 3 is 2.79 bits per heavy atom. The lowest BCUT2D eigenvalue weighted by Crippen LogP contribution is -2.38. The predicted octanol–water partition coefficient (Wildman–Crippen LogP) is -0.329. The summed E-state index contributed by atoms with van der Waals surface area (Å²) in [7, 11) is 3.12. The standard InChI is InChI=1S/C16H25N5O3/c1-18-14-13(15(23)19(2)16(18)24)21(11-17-14)9-8-20-7-3-5-12(20)6-4-10-22/h11-12,22H,3-10H2,1-2H3. The second-order valence-corrected chi connectivity index (χ2v) is 6.51. The molecule has 1 N–H and O–H groups in total. The number of aliphatic hydroxyl groups is 1. The van der Waals surface area contributed by atoms with E-state index in [1.54, 1.807) is 13.4 Å². The van der Waals surface area contributed by atoms with Crippen molar-refractivity contribution in [3.8, 4) is 0 Å². The highest BCUT2D eigenvalue weighted by Gasteiger charge is 2.24. The van der Waals surface area contributed by atoms with Crippen LogP contribution in [0, 0.1) is 0 Å². The van der Waals surface area contributed by atoms with E-state index >= 15 is 0 Å². The molecule has 1 saturated heterocycles. The van der Waals surface area contributed by atoms with Crippen LogP contribution in [0.2, 0.25) is 0 Å². The first-order valence-corrected chi connectivity index (χ1v) is 8.50. The predicted molar refractivity (Wildman–Crippen MR) is 91.1 cm³/mol. The van der Waals surface area contributed by atoms with Gasteiger partial charge in [-0.05, 0) is 32.2 Å². The van der Waals surface area contributed by atoms with Crippen LogP contribution >= 0.6 is 0 Å². The normalized spacial score (nSPS) is 18.7. The summed E-state index contributed by atoms with van der Waals surface area (Å²) in [6, 6.07) is 0.513. The van der Waals surface area contributed by atoms with E-state index in [0.29, 0.717) is 23.8 Å². The van der Waals surface area contributed by atoms with Gasteiger partial charge in [-0.25, -0.2) is 9.78 Å². The van der Waals surface area contributed by atoms with Gasteiger partial charge in [-0.2, -0.15) is 0 Å². The number of nitrogens with zero attached hydrogens (tertiary/aromatic N) is 5. The van der Waals surface area contributed by atoms with Crippen molar-refractivity contribution in [2.24, 2.45) is 14.1 Å². The summed E-state index contributed by atoms with van der Waals surface area (Å²) in [4.78, 5) is 31.1. The Balaban J connectivity index is 1.81. The van der Waals surface area contributed by atoms with Gasteiger partial charge in [0.25, 0.3) is 5.56 Å². The zero-order valence-electron chi connectivity index (χ0n) is 14.3. The molecular weight excluding hydrogens is 310 g/mol. The van der Waals surface area contributed by atoms with Crippen molar-refractivity contribution in [2.75, 3.05) is 19.7 Å². The van der Waals surface area contributed by atoms with Crippen LogP contribution in [0.3, 0.4) is 0 Å². The number of imidazole rings is 1. The maximum Gasteiger partial charge on any atom is 0.332 e. The SMILES string of the molecule is Cn1c(=O)c2c(ncn2CCN2CCCC2CCCO)n(C)c1=O. The average Bonchev–Trinajstić information content (AvgIpc) is 3.20. The summed E-state index contributed by atoms with van der Waals surface area (Å²) < 4.78 is 4.38. The summed E-state index contributed by atoms with van der Waals surface area (Å²) >= 11 is 0. The molecule has 1 aliphatic heterocycles. The summed E-state index contributed by atoms with van der Waals surface area (Å²) in [6.45, 7) is 2.80. The Labute approximate surface area is 139 Å². The first-order valence-electron chi connectivity index (χ1n) is 8.50. The van der Waals surface area contributed by atoms with Gasteiger partial charge in [-0.1, -0.05) is 0 Å². The van der Waals surface area contributed by atoms with Crippen LogP contribution in [-0.2, 0) is 20.6 Å². The molecule has 0 radical (unpaired) electrons. The Morgan fingerprint density at radius 1 is 1.25 bits per heavy atom. The Kier molecular flexibility index (Phi) is 4.86. The first kappa shape index (κ1) is 16.9. The molecule has 0 amide bonds. The summed E-state index contributed by atoms with van der Waals surface area (Å²) in [6.07, 6.45) is 5.83. The molecule has 3 rings (SSSR count). The highest BCUT2D eigenvalue weighted by atomic mass is 16.3. The fourth-order valence-corrected chi connectivity index (χ4v) is 3.65. The minimum Gasteiger partial charge on any atom is -0.396 e. The molecule has 0 aliphatic carbocycles. The van der Waals surface area contributed by atoms with Gasteiger partial charge in [-0.3, -0.25) is 18.8 Å². The Hall–Kier alpha value is -1.93. The van der Waals surface area contributed by atoms with Crippen molar-refractivity contribution in [1.82, 2.24) is 23.6 Å². The number of fused-ring (bicyclic) bond motifs is 1. The van der Waals surface area contributed by atoms with Crippen LogP contribution in [-0.4, -0.2) is 54.4 Å². The Bertz CT molecular complexity index is 835. The van der Waals surface area contributed by atoms with Gasteiger partial charge in [0.2, 0.25) is 0 Å². The third-order valence-electron chi connectivity index (χ3n) is 5.04. The minimum atomic E-state index is -0.360. The van der Waals surface area contributed by atoms with E-state index in [4.69, 9.17) is 5.11 Å². The number of aromatic nitrogens is 4. The molecule has 8 nitrogen and oxygen atoms in total. The van der Waals surface area contributed by atoms with Gasteiger partial charge in [0.15, 0.2) is 11.2 Å². The molecule has 1 unspecified atom stereocenters. The van der Waals surface area contributed by atoms with Crippen LogP contribution in [0.25, 0.3) is 11.2 Å². The maximum absolute atomic E-state index is 12.4. The van der Waals surface area contributed by atoms with Gasteiger partial charge in [-0.15, -0.1) is 0 Å². The molecule has 0 bridgehead atoms. The zero-order chi connectivity index (χ0) is 17.3. The third kappa shape index (κ3) is 2.91. The fraction of sp³-hybridized carbons (Fsp3) is 0.688. The fourth-order valence-electron chi connectivity index (χ4n) is 3.65. The van der Waals surface area contributed by atoms with Crippen molar-refractivity contribution >= 4 is 11.2 Å². The van der Waals surface area contributed by atoms with Crippen LogP contribution in [0.1, 0.15) is 25.7 Å². The van der Waals surface area contributed by atoms with E-state index in [9.17, 15) is 9.59 Å². The van der Waals surface area contributed by atoms with Gasteiger partial charge < -0.3 is 9.67 Å². The molecule has 24 heavy (non-hydrogen) atoms. The van der Waals surface area contributed by atoms with Crippen molar-refractivity contribution in [3.63, 3.8) is 0 Å². The van der Waals surface area contributed by atoms with E-state index in [2.05, 4.69) is 9.88 Å². The van der Waals surface area contributed by atoms with Gasteiger partial charge >= 0.3 is 5.69 Å². The molecular formula is C16H25N5O3. The summed E-state index contributed by atoms with van der Waals surface area (Å²) in [5.41, 5.74) is 0.247. The average molecular weight is 335 g/mol. The van der Waals surface area contributed by atoms with Gasteiger partial charge in [0.05, 0.1) is 6.33 Å². The lowest BCUT2D eigenvalue weighted by molar-refractivity contribution is 0.211. The van der Waals surface area contributed by atoms with Crippen molar-refractivity contribution < 1.29 is 5.11 Å². The van der Waals surface area contributed by atoms with Crippen LogP contribution < -0.4 is 11.2 Å². The maximum atomic E-state index is 12.4. The second kappa shape index (κ2) is 6.90. The van der Waals surface area contributed by atoms with E-state index in [1.807, 2.05) is 4.57 Å². The smallest absolute Gasteiger partial charge is 0.332 e. The zero-order valence-corrected chi connectivity index (χ0v) is 14.3. The van der Waals surface area contributed by atoms with Gasteiger partial charge in [0.1, 0.15) is 0 Å². The first-order chi connectivity index (χ1) is 11.5. The molecule has 8 heteroatoms. The molecule has 2 aromatic rings. The van der Waals surface area contributed by atoms with E-state index in [-0.39, 0.29) is 17.9 Å². The molecule has 0 aromatic carbocycles. The lowest BCUT2D eigenvalue weighted by Gasteiger charge is -2.24. The topological polar surface area (TPSA) is 85.3 Å². The summed E-state index contributed by atoms with van der Waals surface area (Å²) in [5, 5.41) is 9.02. The third-order valence-corrected chi connectivity index (χ3v) is 5.04. The van der Waals surface area contributed by atoms with Crippen molar-refractivity contribution in [3.05, 3.63) is 27.2 Å². The van der Waals surface area contributed by atoms with Gasteiger partial charge in [0, 0.05) is 39.8 Å². The highest BCUT2D eigenvalue weighted by molar-refractivity contribution is 5.69. The number of likely N-dealkylation sites (tertiary alicyclic amines) is 1. The van der Waals surface area contributed by atoms with E-state index < -0.39 is 0 Å². The van der Waals surface area contributed by atoms with E-state index in [0.717, 1.165) is 30.5 Å².